The van der Waals surface area contributed by atoms with E-state index in [2.05, 4.69) is 0 Å². The molecule has 1 heterocycles. The van der Waals surface area contributed by atoms with Gasteiger partial charge in [0.1, 0.15) is 0 Å². The molecular weight excluding hydrogens is 264 g/mol. The number of fused-ring (bicyclic) bond motifs is 1. The quantitative estimate of drug-likeness (QED) is 0.422. The molecule has 5 atom stereocenters. The summed E-state index contributed by atoms with van der Waals surface area (Å²) in [6, 6.07) is 0. The second-order valence-corrected chi connectivity index (χ2v) is 5.52. The first kappa shape index (κ1) is 13.3. The van der Waals surface area contributed by atoms with E-state index in [0.717, 1.165) is 0 Å². The molecule has 20 heavy (non-hydrogen) atoms. The number of ketones is 1. The summed E-state index contributed by atoms with van der Waals surface area (Å²) in [4.78, 5) is 23.1. The molecule has 3 rings (SSSR count). The summed E-state index contributed by atoms with van der Waals surface area (Å²) < 4.78 is 10.2. The number of cyclic esters (lactones) is 1. The van der Waals surface area contributed by atoms with Crippen molar-refractivity contribution in [3.8, 4) is 0 Å². The zero-order valence-electron chi connectivity index (χ0n) is 11.0. The van der Waals surface area contributed by atoms with Gasteiger partial charge in [-0.05, 0) is 19.3 Å². The molecule has 3 aliphatic rings. The second-order valence-electron chi connectivity index (χ2n) is 5.52. The third-order valence-electron chi connectivity index (χ3n) is 4.25. The predicted octanol–water partition coefficient (Wildman–Crippen LogP) is 0.0468. The Morgan fingerprint density at radius 2 is 2.15 bits per heavy atom. The first-order valence-corrected chi connectivity index (χ1v) is 6.61. The van der Waals surface area contributed by atoms with Gasteiger partial charge in [-0.3, -0.25) is 4.79 Å². The van der Waals surface area contributed by atoms with Gasteiger partial charge in [-0.15, -0.1) is 0 Å². The number of carbonyl (C=O) groups excluding carboxylic acids is 2. The molecular formula is C14H16O6. The lowest BCUT2D eigenvalue weighted by Gasteiger charge is -2.12. The predicted molar refractivity (Wildman–Crippen MR) is 66.0 cm³/mol. The first-order chi connectivity index (χ1) is 9.47. The molecule has 2 aliphatic carbocycles. The van der Waals surface area contributed by atoms with E-state index >= 15 is 0 Å². The molecule has 0 amide bonds. The average Bonchev–Trinajstić information content (AvgIpc) is 2.96. The minimum Gasteiger partial charge on any atom is -0.458 e. The molecule has 0 spiro atoms. The minimum atomic E-state index is -0.860. The van der Waals surface area contributed by atoms with Gasteiger partial charge in [0, 0.05) is 29.6 Å². The standard InChI is InChI=1S/C14H16O6/c1-6-2-12(20-14(6)18)19-5-9-7-3-11(16)13(17)8(7)4-10(9)15/h2,5,7-8,11-13,16-17H,3-4H2,1H3/b9-5+/t7-,8-,11?,12+,13?/m0/s1. The number of allylic oxidation sites excluding steroid dienone is 1. The normalized spacial score (nSPS) is 41.9. The topological polar surface area (TPSA) is 93.1 Å². The number of hydrogen-bond donors (Lipinski definition) is 2. The molecule has 2 saturated carbocycles. The molecule has 0 radical (unpaired) electrons. The monoisotopic (exact) mass is 280 g/mol. The smallest absolute Gasteiger partial charge is 0.336 e. The number of carbonyl (C=O) groups is 2. The Hall–Kier alpha value is -1.66. The maximum Gasteiger partial charge on any atom is 0.336 e. The Labute approximate surface area is 115 Å². The molecule has 0 bridgehead atoms. The minimum absolute atomic E-state index is 0.0871. The number of ether oxygens (including phenoxy) is 2. The number of aliphatic hydroxyl groups is 2. The Bertz CT molecular complexity index is 520. The van der Waals surface area contributed by atoms with Crippen molar-refractivity contribution in [2.24, 2.45) is 11.8 Å². The number of rotatable bonds is 2. The molecule has 6 nitrogen and oxygen atoms in total. The SMILES string of the molecule is CC1=C[C@H](O/C=C2/C(=O)C[C@@H]3C(O)C(O)C[C@H]23)OC1=O. The van der Waals surface area contributed by atoms with E-state index in [1.54, 1.807) is 6.92 Å². The molecule has 2 N–H and O–H groups in total. The van der Waals surface area contributed by atoms with Crippen LogP contribution in [0.3, 0.4) is 0 Å². The van der Waals surface area contributed by atoms with Gasteiger partial charge in [0.05, 0.1) is 18.5 Å². The summed E-state index contributed by atoms with van der Waals surface area (Å²) in [5, 5.41) is 19.5. The third kappa shape index (κ3) is 2.05. The Kier molecular flexibility index (Phi) is 3.14. The summed E-state index contributed by atoms with van der Waals surface area (Å²) in [5.74, 6) is -0.947. The molecule has 2 unspecified atom stereocenters. The van der Waals surface area contributed by atoms with Crippen molar-refractivity contribution in [2.75, 3.05) is 0 Å². The Balaban J connectivity index is 1.72. The van der Waals surface area contributed by atoms with E-state index in [1.165, 1.54) is 12.3 Å². The van der Waals surface area contributed by atoms with Crippen LogP contribution in [0, 0.1) is 11.8 Å². The number of Topliss-reactive ketones (excluding diaryl/α,β-unsaturated/α-hetero) is 1. The zero-order valence-corrected chi connectivity index (χ0v) is 11.0. The van der Waals surface area contributed by atoms with Crippen LogP contribution in [0.4, 0.5) is 0 Å². The highest BCUT2D eigenvalue weighted by Crippen LogP contribution is 2.45. The van der Waals surface area contributed by atoms with E-state index in [9.17, 15) is 19.8 Å². The maximum atomic E-state index is 11.9. The van der Waals surface area contributed by atoms with Gasteiger partial charge in [-0.25, -0.2) is 4.79 Å². The van der Waals surface area contributed by atoms with Crippen LogP contribution in [-0.4, -0.2) is 40.5 Å². The van der Waals surface area contributed by atoms with Crippen molar-refractivity contribution < 1.29 is 29.3 Å². The van der Waals surface area contributed by atoms with E-state index in [1.807, 2.05) is 0 Å². The molecule has 0 aromatic heterocycles. The Morgan fingerprint density at radius 3 is 2.80 bits per heavy atom. The van der Waals surface area contributed by atoms with Gasteiger partial charge in [-0.2, -0.15) is 0 Å². The van der Waals surface area contributed by atoms with E-state index in [4.69, 9.17) is 9.47 Å². The van der Waals surface area contributed by atoms with Crippen LogP contribution in [0.5, 0.6) is 0 Å². The molecule has 108 valence electrons. The van der Waals surface area contributed by atoms with Crippen molar-refractivity contribution in [3.05, 3.63) is 23.5 Å². The van der Waals surface area contributed by atoms with Crippen molar-refractivity contribution in [2.45, 2.75) is 38.3 Å². The summed E-state index contributed by atoms with van der Waals surface area (Å²) in [5.41, 5.74) is 0.926. The fraction of sp³-hybridized carbons (Fsp3) is 0.571. The lowest BCUT2D eigenvalue weighted by Crippen LogP contribution is -2.25. The molecule has 0 aromatic rings. The molecule has 0 saturated heterocycles. The highest BCUT2D eigenvalue weighted by Gasteiger charge is 2.50. The van der Waals surface area contributed by atoms with Crippen molar-refractivity contribution in [1.29, 1.82) is 0 Å². The number of aliphatic hydroxyl groups excluding tert-OH is 2. The van der Waals surface area contributed by atoms with Crippen LogP contribution in [0.25, 0.3) is 0 Å². The van der Waals surface area contributed by atoms with Gasteiger partial charge in [0.2, 0.25) is 0 Å². The van der Waals surface area contributed by atoms with Crippen LogP contribution < -0.4 is 0 Å². The summed E-state index contributed by atoms with van der Waals surface area (Å²) >= 11 is 0. The molecule has 0 aromatic carbocycles. The van der Waals surface area contributed by atoms with Gasteiger partial charge in [0.25, 0.3) is 6.29 Å². The van der Waals surface area contributed by atoms with Crippen LogP contribution in [0.1, 0.15) is 19.8 Å². The Morgan fingerprint density at radius 1 is 1.40 bits per heavy atom. The molecule has 1 aliphatic heterocycles. The van der Waals surface area contributed by atoms with Crippen LogP contribution in [0.15, 0.2) is 23.5 Å². The van der Waals surface area contributed by atoms with Gasteiger partial charge >= 0.3 is 5.97 Å². The second kappa shape index (κ2) is 4.71. The zero-order chi connectivity index (χ0) is 14.4. The largest absolute Gasteiger partial charge is 0.458 e. The maximum absolute atomic E-state index is 11.9. The van der Waals surface area contributed by atoms with Gasteiger partial charge in [0.15, 0.2) is 5.78 Å². The number of esters is 1. The van der Waals surface area contributed by atoms with Crippen molar-refractivity contribution in [1.82, 2.24) is 0 Å². The lowest BCUT2D eigenvalue weighted by atomic mass is 9.97. The summed E-state index contributed by atoms with van der Waals surface area (Å²) in [6.07, 6.45) is 0.954. The lowest BCUT2D eigenvalue weighted by molar-refractivity contribution is -0.152. The van der Waals surface area contributed by atoms with Crippen LogP contribution >= 0.6 is 0 Å². The first-order valence-electron chi connectivity index (χ1n) is 6.61. The van der Waals surface area contributed by atoms with Crippen LogP contribution in [0.2, 0.25) is 0 Å². The van der Waals surface area contributed by atoms with Crippen LogP contribution in [-0.2, 0) is 19.1 Å². The highest BCUT2D eigenvalue weighted by molar-refractivity contribution is 5.98. The fourth-order valence-corrected chi connectivity index (χ4v) is 3.12. The highest BCUT2D eigenvalue weighted by atomic mass is 16.7. The van der Waals surface area contributed by atoms with Crippen molar-refractivity contribution in [3.63, 3.8) is 0 Å². The fourth-order valence-electron chi connectivity index (χ4n) is 3.12. The third-order valence-corrected chi connectivity index (χ3v) is 4.25. The average molecular weight is 280 g/mol. The molecule has 6 heteroatoms. The number of hydrogen-bond acceptors (Lipinski definition) is 6. The van der Waals surface area contributed by atoms with Crippen molar-refractivity contribution >= 4 is 11.8 Å². The van der Waals surface area contributed by atoms with Gasteiger partial charge in [-0.1, -0.05) is 0 Å². The van der Waals surface area contributed by atoms with Gasteiger partial charge < -0.3 is 19.7 Å². The summed E-state index contributed by atoms with van der Waals surface area (Å²) in [6.45, 7) is 1.62. The van der Waals surface area contributed by atoms with E-state index < -0.39 is 24.5 Å². The molecule has 2 fully saturated rings. The van der Waals surface area contributed by atoms with E-state index in [-0.39, 0.29) is 24.0 Å². The summed E-state index contributed by atoms with van der Waals surface area (Å²) in [7, 11) is 0. The van der Waals surface area contributed by atoms with E-state index in [0.29, 0.717) is 17.6 Å².